The van der Waals surface area contributed by atoms with E-state index in [4.69, 9.17) is 37.9 Å². The molecule has 1 unspecified atom stereocenters. The van der Waals surface area contributed by atoms with E-state index in [-0.39, 0.29) is 12.3 Å². The standard InChI is InChI=1S/C65H117N3O26/c1-5-7-9-11-13-15-17-19-21-23-25-27-29-31-42(75)41(68-48(78)32-30-28-26-24-22-20-18-16-14-12-10-8-6-2)38-87-62-55(83)54(82)57(46(36-71)89-62)91-63-56(84)60(58(47(37-72)90-63)92-61-50(67-40(4)74)53(81)52(80)45(35-70)88-61)94-65(64(85)86)33-43(76)49(66-39(3)73)59(93-65)51(79)44(77)34-69/h29,31,41-47,49-63,69-72,75-77,79-84H,5-28,30,32-38H2,1-4H3,(H,66,73)(H,67,74)(H,68,78)(H,85,86)/t41-,42+,43-,44+,45+,46+,47+,49+,50+,51+,52-,53+,54+,55+,56+,57+,58-,59?,60+,61-,62+,63-,65-/m0/s1. The van der Waals surface area contributed by atoms with Gasteiger partial charge in [-0.25, -0.2) is 4.79 Å². The number of carboxylic acid groups (broad SMARTS) is 1. The molecule has 0 aromatic heterocycles. The van der Waals surface area contributed by atoms with Crippen LogP contribution in [0.1, 0.15) is 201 Å². The smallest absolute Gasteiger partial charge is 0.364 e. The number of aliphatic hydroxyl groups excluding tert-OH is 13. The predicted molar refractivity (Wildman–Crippen MR) is 336 cm³/mol. The van der Waals surface area contributed by atoms with Gasteiger partial charge in [-0.1, -0.05) is 167 Å². The van der Waals surface area contributed by atoms with Gasteiger partial charge in [0.1, 0.15) is 91.5 Å². The van der Waals surface area contributed by atoms with Crippen molar-refractivity contribution in [2.75, 3.05) is 33.0 Å². The first-order chi connectivity index (χ1) is 45.0. The molecule has 0 radical (unpaired) electrons. The van der Waals surface area contributed by atoms with Gasteiger partial charge in [-0.3, -0.25) is 14.4 Å². The van der Waals surface area contributed by atoms with Crippen molar-refractivity contribution < 1.29 is 129 Å². The largest absolute Gasteiger partial charge is 0.477 e. The van der Waals surface area contributed by atoms with Crippen LogP contribution >= 0.6 is 0 Å². The topological polar surface area (TPSA) is 461 Å². The third-order valence-electron chi connectivity index (χ3n) is 18.0. The van der Waals surface area contributed by atoms with Crippen LogP contribution in [-0.2, 0) is 57.1 Å². The Bertz CT molecular complexity index is 2140. The van der Waals surface area contributed by atoms with E-state index in [0.29, 0.717) is 12.8 Å². The number of ether oxygens (including phenoxy) is 8. The Hall–Kier alpha value is -3.22. The van der Waals surface area contributed by atoms with Gasteiger partial charge in [-0.2, -0.15) is 0 Å². The zero-order chi connectivity index (χ0) is 69.3. The number of rotatable bonds is 47. The molecule has 548 valence electrons. The van der Waals surface area contributed by atoms with Gasteiger partial charge in [-0.05, 0) is 19.3 Å². The first-order valence-corrected chi connectivity index (χ1v) is 34.6. The Morgan fingerprint density at radius 3 is 1.54 bits per heavy atom. The number of unbranched alkanes of at least 4 members (excludes halogenated alkanes) is 23. The van der Waals surface area contributed by atoms with Gasteiger partial charge in [0.15, 0.2) is 18.9 Å². The fourth-order valence-electron chi connectivity index (χ4n) is 12.5. The third-order valence-corrected chi connectivity index (χ3v) is 18.0. The number of carbonyl (C=O) groups is 4. The highest BCUT2D eigenvalue weighted by molar-refractivity contribution is 5.77. The average molecular weight is 1360 g/mol. The number of aliphatic hydroxyl groups is 13. The van der Waals surface area contributed by atoms with E-state index in [9.17, 15) is 90.7 Å². The summed E-state index contributed by atoms with van der Waals surface area (Å²) in [6.07, 6.45) is -7.38. The van der Waals surface area contributed by atoms with Gasteiger partial charge < -0.3 is 125 Å². The summed E-state index contributed by atoms with van der Waals surface area (Å²) in [5.41, 5.74) is 0. The molecule has 23 atom stereocenters. The molecule has 0 aromatic carbocycles. The van der Waals surface area contributed by atoms with Gasteiger partial charge in [-0.15, -0.1) is 0 Å². The SMILES string of the molecule is CCCCCCCCCCCCCC=C[C@@H](O)[C@H](CO[C@@H]1O[C@H](CO)[C@@H](O[C@@H]2O[C@H](CO)[C@H](O[C@@H]3O[C@H](CO)[C@H](O)[C@H](O)[C@H]3NC(C)=O)[C@H](O[C@]3(C(=O)O)C[C@H](O)[C@@H](NC(C)=O)C([C@H](O)[C@H](O)CO)O3)[C@H]2O)[C@H](O)[C@H]1O)NC(=O)CCCCCCCCCCCCCCC. The van der Waals surface area contributed by atoms with Crippen molar-refractivity contribution in [3.05, 3.63) is 12.2 Å². The molecule has 4 heterocycles. The predicted octanol–water partition coefficient (Wildman–Crippen LogP) is 0.353. The number of amides is 3. The van der Waals surface area contributed by atoms with E-state index in [1.165, 1.54) is 96.3 Å². The molecule has 0 aliphatic carbocycles. The van der Waals surface area contributed by atoms with Crippen LogP contribution < -0.4 is 16.0 Å². The van der Waals surface area contributed by atoms with Gasteiger partial charge >= 0.3 is 5.97 Å². The molecule has 0 spiro atoms. The van der Waals surface area contributed by atoms with Crippen molar-refractivity contribution in [2.24, 2.45) is 0 Å². The fraction of sp³-hybridized carbons (Fsp3) is 0.908. The van der Waals surface area contributed by atoms with Crippen molar-refractivity contribution >= 4 is 23.7 Å². The highest BCUT2D eigenvalue weighted by atomic mass is 16.8. The molecule has 3 amide bonds. The lowest BCUT2D eigenvalue weighted by Crippen LogP contribution is -2.72. The number of allylic oxidation sites excluding steroid dienone is 1. The lowest BCUT2D eigenvalue weighted by molar-refractivity contribution is -0.401. The number of hydrogen-bond acceptors (Lipinski definition) is 25. The van der Waals surface area contributed by atoms with Crippen molar-refractivity contribution in [3.63, 3.8) is 0 Å². The number of nitrogens with one attached hydrogen (secondary N) is 3. The number of aliphatic carboxylic acids is 1. The summed E-state index contributed by atoms with van der Waals surface area (Å²) >= 11 is 0. The van der Waals surface area contributed by atoms with E-state index < -0.39 is 198 Å². The second-order valence-corrected chi connectivity index (χ2v) is 25.8. The zero-order valence-electron chi connectivity index (χ0n) is 55.6. The highest BCUT2D eigenvalue weighted by Gasteiger charge is 2.61. The Morgan fingerprint density at radius 1 is 0.553 bits per heavy atom. The average Bonchev–Trinajstić information content (AvgIpc) is 0.755. The van der Waals surface area contributed by atoms with Crippen LogP contribution in [0.3, 0.4) is 0 Å². The lowest BCUT2D eigenvalue weighted by atomic mass is 9.88. The Kier molecular flexibility index (Phi) is 39.6. The molecular formula is C65H117N3O26. The highest BCUT2D eigenvalue weighted by Crippen LogP contribution is 2.40. The molecule has 0 saturated carbocycles. The molecule has 29 heteroatoms. The van der Waals surface area contributed by atoms with Crippen LogP contribution in [0.4, 0.5) is 0 Å². The van der Waals surface area contributed by atoms with Crippen molar-refractivity contribution in [2.45, 2.75) is 342 Å². The molecule has 4 aliphatic heterocycles. The van der Waals surface area contributed by atoms with Gasteiger partial charge in [0, 0.05) is 26.7 Å². The summed E-state index contributed by atoms with van der Waals surface area (Å²) in [7, 11) is 0. The lowest BCUT2D eigenvalue weighted by Gasteiger charge is -2.52. The monoisotopic (exact) mass is 1360 g/mol. The zero-order valence-corrected chi connectivity index (χ0v) is 55.6. The van der Waals surface area contributed by atoms with Gasteiger partial charge in [0.25, 0.3) is 5.79 Å². The van der Waals surface area contributed by atoms with E-state index in [2.05, 4.69) is 29.8 Å². The molecule has 4 aliphatic rings. The maximum Gasteiger partial charge on any atom is 0.364 e. The van der Waals surface area contributed by atoms with Crippen LogP contribution in [0.25, 0.3) is 0 Å². The first kappa shape index (κ1) is 83.2. The van der Waals surface area contributed by atoms with Crippen molar-refractivity contribution in [1.29, 1.82) is 0 Å². The van der Waals surface area contributed by atoms with Gasteiger partial charge in [0.2, 0.25) is 17.7 Å². The molecule has 4 fully saturated rings. The van der Waals surface area contributed by atoms with E-state index in [1.807, 2.05) is 6.08 Å². The normalized spacial score (nSPS) is 32.8. The summed E-state index contributed by atoms with van der Waals surface area (Å²) in [4.78, 5) is 51.8. The maximum absolute atomic E-state index is 13.6. The Morgan fingerprint density at radius 2 is 1.03 bits per heavy atom. The van der Waals surface area contributed by atoms with Crippen LogP contribution in [0.2, 0.25) is 0 Å². The van der Waals surface area contributed by atoms with Crippen LogP contribution in [0.15, 0.2) is 12.2 Å². The fourth-order valence-corrected chi connectivity index (χ4v) is 12.5. The molecule has 17 N–H and O–H groups in total. The van der Waals surface area contributed by atoms with Crippen molar-refractivity contribution in [3.8, 4) is 0 Å². The number of hydrogen-bond donors (Lipinski definition) is 17. The molecule has 94 heavy (non-hydrogen) atoms. The van der Waals surface area contributed by atoms with E-state index in [1.54, 1.807) is 6.08 Å². The molecular weight excluding hydrogens is 1240 g/mol. The summed E-state index contributed by atoms with van der Waals surface area (Å²) in [6.45, 7) is 1.71. The van der Waals surface area contributed by atoms with E-state index >= 15 is 0 Å². The molecule has 0 aromatic rings. The minimum atomic E-state index is -3.28. The van der Waals surface area contributed by atoms with Crippen LogP contribution in [-0.4, -0.2) is 269 Å². The van der Waals surface area contributed by atoms with Crippen LogP contribution in [0.5, 0.6) is 0 Å². The molecule has 4 saturated heterocycles. The van der Waals surface area contributed by atoms with Crippen LogP contribution in [0, 0.1) is 0 Å². The minimum absolute atomic E-state index is 0.161. The van der Waals surface area contributed by atoms with Crippen molar-refractivity contribution in [1.82, 2.24) is 16.0 Å². The Balaban J connectivity index is 1.56. The quantitative estimate of drug-likeness (QED) is 0.0289. The minimum Gasteiger partial charge on any atom is -0.477 e. The maximum atomic E-state index is 13.6. The number of carboxylic acids is 1. The molecule has 0 bridgehead atoms. The second-order valence-electron chi connectivity index (χ2n) is 25.8. The summed E-state index contributed by atoms with van der Waals surface area (Å²) in [5, 5.41) is 163. The van der Waals surface area contributed by atoms with Gasteiger partial charge in [0.05, 0.1) is 57.3 Å². The second kappa shape index (κ2) is 44.7. The molecule has 29 nitrogen and oxygen atoms in total. The Labute approximate surface area is 553 Å². The summed E-state index contributed by atoms with van der Waals surface area (Å²) in [6, 6.07) is -4.52. The first-order valence-electron chi connectivity index (χ1n) is 34.6. The van der Waals surface area contributed by atoms with E-state index in [0.717, 1.165) is 65.2 Å². The third kappa shape index (κ3) is 26.5. The summed E-state index contributed by atoms with van der Waals surface area (Å²) in [5.74, 6) is -7.37. The molecule has 4 rings (SSSR count). The summed E-state index contributed by atoms with van der Waals surface area (Å²) < 4.78 is 47.8. The number of carbonyl (C=O) groups excluding carboxylic acids is 3.